The third-order valence-corrected chi connectivity index (χ3v) is 6.20. The molecular formula is C25H21F2N5O3. The number of methoxy groups -OCH3 is 2. The first-order chi connectivity index (χ1) is 16.9. The van der Waals surface area contributed by atoms with E-state index >= 15 is 0 Å². The van der Waals surface area contributed by atoms with Gasteiger partial charge in [0.1, 0.15) is 11.6 Å². The topological polar surface area (TPSA) is 102 Å². The number of hydrogen-bond acceptors (Lipinski definition) is 6. The molecule has 178 valence electrons. The molecule has 35 heavy (non-hydrogen) atoms. The molecule has 0 radical (unpaired) electrons. The number of hydrogen-bond donors (Lipinski definition) is 2. The molecule has 10 heteroatoms. The summed E-state index contributed by atoms with van der Waals surface area (Å²) in [6.45, 7) is 0. The van der Waals surface area contributed by atoms with E-state index in [1.807, 2.05) is 18.2 Å². The second-order valence-corrected chi connectivity index (χ2v) is 8.24. The lowest BCUT2D eigenvalue weighted by Crippen LogP contribution is -2.28. The maximum Gasteiger partial charge on any atom is 0.235 e. The van der Waals surface area contributed by atoms with Gasteiger partial charge < -0.3 is 14.8 Å². The van der Waals surface area contributed by atoms with Gasteiger partial charge in [-0.3, -0.25) is 4.79 Å². The Morgan fingerprint density at radius 1 is 0.971 bits per heavy atom. The summed E-state index contributed by atoms with van der Waals surface area (Å²) < 4.78 is 38.6. The van der Waals surface area contributed by atoms with Crippen molar-refractivity contribution in [3.63, 3.8) is 0 Å². The minimum Gasteiger partial charge on any atom is -0.493 e. The Kier molecular flexibility index (Phi) is 5.64. The zero-order valence-electron chi connectivity index (χ0n) is 18.9. The summed E-state index contributed by atoms with van der Waals surface area (Å²) >= 11 is 0. The number of nitrogens with zero attached hydrogens (tertiary/aromatic N) is 3. The third-order valence-electron chi connectivity index (χ3n) is 6.20. The smallest absolute Gasteiger partial charge is 0.235 e. The molecule has 0 atom stereocenters. The molecule has 5 rings (SSSR count). The molecule has 1 amide bonds. The number of ether oxygens (including phenoxy) is 2. The third kappa shape index (κ3) is 4.07. The molecule has 0 saturated heterocycles. The predicted octanol–water partition coefficient (Wildman–Crippen LogP) is 4.50. The zero-order valence-corrected chi connectivity index (χ0v) is 18.9. The molecule has 4 aromatic rings. The van der Waals surface area contributed by atoms with Crippen molar-refractivity contribution in [3.05, 3.63) is 71.8 Å². The Morgan fingerprint density at radius 3 is 2.43 bits per heavy atom. The Morgan fingerprint density at radius 2 is 1.77 bits per heavy atom. The SMILES string of the molecule is COc1ccc(-c2ccc(NC(=O)C3(c4ccc(F)cc4F)CC3)cc2-c2nnn[nH]2)cc1OC. The Hall–Kier alpha value is -4.34. The molecule has 0 unspecified atom stereocenters. The van der Waals surface area contributed by atoms with Crippen molar-refractivity contribution in [2.24, 2.45) is 0 Å². The number of aromatic amines is 1. The molecule has 3 aromatic carbocycles. The Bertz CT molecular complexity index is 1400. The van der Waals surface area contributed by atoms with Gasteiger partial charge in [0.15, 0.2) is 17.3 Å². The van der Waals surface area contributed by atoms with Crippen LogP contribution < -0.4 is 14.8 Å². The molecule has 0 bridgehead atoms. The summed E-state index contributed by atoms with van der Waals surface area (Å²) in [6.07, 6.45) is 0.952. The van der Waals surface area contributed by atoms with Crippen LogP contribution in [0.25, 0.3) is 22.5 Å². The second kappa shape index (κ2) is 8.79. The molecule has 1 aliphatic rings. The number of anilines is 1. The lowest BCUT2D eigenvalue weighted by atomic mass is 9.93. The highest BCUT2D eigenvalue weighted by molar-refractivity contribution is 6.02. The van der Waals surface area contributed by atoms with E-state index in [2.05, 4.69) is 25.9 Å². The van der Waals surface area contributed by atoms with E-state index in [9.17, 15) is 13.6 Å². The summed E-state index contributed by atoms with van der Waals surface area (Å²) in [4.78, 5) is 13.2. The summed E-state index contributed by atoms with van der Waals surface area (Å²) in [6, 6.07) is 14.1. The molecule has 0 aliphatic heterocycles. The number of H-pyrrole nitrogens is 1. The minimum atomic E-state index is -1.02. The van der Waals surface area contributed by atoms with Gasteiger partial charge in [-0.25, -0.2) is 13.9 Å². The minimum absolute atomic E-state index is 0.193. The number of carbonyl (C=O) groups excluding carboxylic acids is 1. The first-order valence-electron chi connectivity index (χ1n) is 10.8. The van der Waals surface area contributed by atoms with E-state index in [0.717, 1.165) is 17.2 Å². The number of halogens is 2. The van der Waals surface area contributed by atoms with Crippen LogP contribution in [0.3, 0.4) is 0 Å². The van der Waals surface area contributed by atoms with Gasteiger partial charge in [0.25, 0.3) is 0 Å². The van der Waals surface area contributed by atoms with E-state index in [1.54, 1.807) is 32.4 Å². The standard InChI is InChI=1S/C25H21F2N5O3/c1-34-21-8-3-14(11-22(21)35-2)17-6-5-16(13-18(17)23-29-31-32-30-23)28-24(33)25(9-10-25)19-7-4-15(26)12-20(19)27/h3-8,11-13H,9-10H2,1-2H3,(H,28,33)(H,29,30,31,32). The lowest BCUT2D eigenvalue weighted by molar-refractivity contribution is -0.118. The van der Waals surface area contributed by atoms with E-state index in [4.69, 9.17) is 9.47 Å². The maximum absolute atomic E-state index is 14.4. The summed E-state index contributed by atoms with van der Waals surface area (Å²) in [5.74, 6) is -0.222. The van der Waals surface area contributed by atoms with Crippen LogP contribution >= 0.6 is 0 Å². The number of rotatable bonds is 7. The van der Waals surface area contributed by atoms with E-state index < -0.39 is 17.0 Å². The van der Waals surface area contributed by atoms with Gasteiger partial charge >= 0.3 is 0 Å². The van der Waals surface area contributed by atoms with Crippen molar-refractivity contribution < 1.29 is 23.0 Å². The van der Waals surface area contributed by atoms with Crippen LogP contribution in [0.5, 0.6) is 11.5 Å². The number of aromatic nitrogens is 4. The van der Waals surface area contributed by atoms with Gasteiger partial charge in [-0.05, 0) is 64.7 Å². The Balaban J connectivity index is 1.50. The number of tetrazole rings is 1. The highest BCUT2D eigenvalue weighted by atomic mass is 19.1. The zero-order chi connectivity index (χ0) is 24.6. The fraction of sp³-hybridized carbons (Fsp3) is 0.200. The molecule has 1 saturated carbocycles. The van der Waals surface area contributed by atoms with Gasteiger partial charge in [0, 0.05) is 22.9 Å². The van der Waals surface area contributed by atoms with Crippen molar-refractivity contribution in [2.45, 2.75) is 18.3 Å². The van der Waals surface area contributed by atoms with E-state index in [0.29, 0.717) is 41.4 Å². The van der Waals surface area contributed by atoms with Gasteiger partial charge in [-0.15, -0.1) is 5.10 Å². The van der Waals surface area contributed by atoms with Crippen molar-refractivity contribution in [3.8, 4) is 34.0 Å². The van der Waals surface area contributed by atoms with Crippen molar-refractivity contribution in [1.29, 1.82) is 0 Å². The van der Waals surface area contributed by atoms with Gasteiger partial charge in [-0.1, -0.05) is 18.2 Å². The molecule has 1 aliphatic carbocycles. The highest BCUT2D eigenvalue weighted by Gasteiger charge is 2.52. The summed E-state index contributed by atoms with van der Waals surface area (Å²) in [5.41, 5.74) is 1.90. The van der Waals surface area contributed by atoms with Crippen LogP contribution in [-0.2, 0) is 10.2 Å². The van der Waals surface area contributed by atoms with Crippen LogP contribution in [0.1, 0.15) is 18.4 Å². The fourth-order valence-electron chi connectivity index (χ4n) is 4.22. The number of nitrogens with one attached hydrogen (secondary N) is 2. The molecule has 1 aromatic heterocycles. The Labute approximate surface area is 199 Å². The van der Waals surface area contributed by atoms with Crippen LogP contribution in [0, 0.1) is 11.6 Å². The van der Waals surface area contributed by atoms with Crippen molar-refractivity contribution in [1.82, 2.24) is 20.6 Å². The quantitative estimate of drug-likeness (QED) is 0.406. The van der Waals surface area contributed by atoms with Crippen LogP contribution in [0.15, 0.2) is 54.6 Å². The largest absolute Gasteiger partial charge is 0.493 e. The van der Waals surface area contributed by atoms with E-state index in [1.165, 1.54) is 12.1 Å². The van der Waals surface area contributed by atoms with E-state index in [-0.39, 0.29) is 11.5 Å². The average molecular weight is 477 g/mol. The second-order valence-electron chi connectivity index (χ2n) is 8.24. The molecule has 1 heterocycles. The van der Waals surface area contributed by atoms with Crippen molar-refractivity contribution >= 4 is 11.6 Å². The predicted molar refractivity (Wildman–Crippen MR) is 124 cm³/mol. The monoisotopic (exact) mass is 477 g/mol. The molecule has 0 spiro atoms. The van der Waals surface area contributed by atoms with Gasteiger partial charge in [0.05, 0.1) is 19.6 Å². The summed E-state index contributed by atoms with van der Waals surface area (Å²) in [7, 11) is 3.12. The van der Waals surface area contributed by atoms with Crippen LogP contribution in [0.2, 0.25) is 0 Å². The number of amides is 1. The molecule has 2 N–H and O–H groups in total. The normalized spacial score (nSPS) is 13.8. The number of benzene rings is 3. The number of carbonyl (C=O) groups is 1. The molecule has 8 nitrogen and oxygen atoms in total. The first-order valence-corrected chi connectivity index (χ1v) is 10.8. The summed E-state index contributed by atoms with van der Waals surface area (Å²) in [5, 5.41) is 17.0. The average Bonchev–Trinajstić information content (AvgIpc) is 3.48. The van der Waals surface area contributed by atoms with Crippen molar-refractivity contribution in [2.75, 3.05) is 19.5 Å². The molecular weight excluding hydrogens is 456 g/mol. The van der Waals surface area contributed by atoms with Crippen LogP contribution in [-0.4, -0.2) is 40.8 Å². The first kappa shape index (κ1) is 22.5. The van der Waals surface area contributed by atoms with Gasteiger partial charge in [0.2, 0.25) is 5.91 Å². The van der Waals surface area contributed by atoms with Crippen LogP contribution in [0.4, 0.5) is 14.5 Å². The lowest BCUT2D eigenvalue weighted by Gasteiger charge is -2.18. The maximum atomic E-state index is 14.4. The highest BCUT2D eigenvalue weighted by Crippen LogP contribution is 2.50. The molecule has 1 fully saturated rings. The fourth-order valence-corrected chi connectivity index (χ4v) is 4.22. The van der Waals surface area contributed by atoms with Gasteiger partial charge in [-0.2, -0.15) is 0 Å².